The van der Waals surface area contributed by atoms with E-state index in [2.05, 4.69) is 12.2 Å². The fraction of sp³-hybridized carbons (Fsp3) is 0.571. The van der Waals surface area contributed by atoms with E-state index in [9.17, 15) is 5.11 Å². The first-order valence-electron chi connectivity index (χ1n) is 6.39. The monoisotopic (exact) mass is 235 g/mol. The average Bonchev–Trinajstić information content (AvgIpc) is 2.82. The molecular formula is C14H21NO2. The zero-order valence-electron chi connectivity index (χ0n) is 10.4. The fourth-order valence-corrected chi connectivity index (χ4v) is 2.24. The molecule has 2 rings (SSSR count). The van der Waals surface area contributed by atoms with Gasteiger partial charge in [0.15, 0.2) is 0 Å². The zero-order chi connectivity index (χ0) is 12.1. The maximum Gasteiger partial charge on any atom is 0.115 e. The third-order valence-corrected chi connectivity index (χ3v) is 3.31. The number of hydrogen-bond donors (Lipinski definition) is 2. The van der Waals surface area contributed by atoms with E-state index in [0.29, 0.717) is 11.9 Å². The summed E-state index contributed by atoms with van der Waals surface area (Å²) in [6.45, 7) is 4.00. The molecule has 2 N–H and O–H groups in total. The SMILES string of the molecule is CC(NCCC1CCCO1)c1cccc(O)c1. The molecule has 0 aromatic heterocycles. The molecule has 0 spiro atoms. The van der Waals surface area contributed by atoms with Gasteiger partial charge in [-0.05, 0) is 50.4 Å². The predicted molar refractivity (Wildman–Crippen MR) is 68.1 cm³/mol. The second kappa shape index (κ2) is 6.03. The molecule has 3 nitrogen and oxygen atoms in total. The van der Waals surface area contributed by atoms with E-state index in [-0.39, 0.29) is 6.04 Å². The van der Waals surface area contributed by atoms with Crippen molar-refractivity contribution in [1.29, 1.82) is 0 Å². The Kier molecular flexibility index (Phi) is 4.40. The van der Waals surface area contributed by atoms with Crippen molar-refractivity contribution in [3.63, 3.8) is 0 Å². The zero-order valence-corrected chi connectivity index (χ0v) is 10.4. The fourth-order valence-electron chi connectivity index (χ4n) is 2.24. The Hall–Kier alpha value is -1.06. The third-order valence-electron chi connectivity index (χ3n) is 3.31. The van der Waals surface area contributed by atoms with Gasteiger partial charge in [0.1, 0.15) is 5.75 Å². The van der Waals surface area contributed by atoms with Gasteiger partial charge < -0.3 is 15.2 Å². The number of phenolic OH excluding ortho intramolecular Hbond substituents is 1. The van der Waals surface area contributed by atoms with Crippen LogP contribution >= 0.6 is 0 Å². The van der Waals surface area contributed by atoms with E-state index in [0.717, 1.165) is 25.1 Å². The average molecular weight is 235 g/mol. The lowest BCUT2D eigenvalue weighted by Gasteiger charge is -2.16. The van der Waals surface area contributed by atoms with Crippen molar-refractivity contribution in [1.82, 2.24) is 5.32 Å². The van der Waals surface area contributed by atoms with Gasteiger partial charge in [0.25, 0.3) is 0 Å². The van der Waals surface area contributed by atoms with Crippen LogP contribution in [0.2, 0.25) is 0 Å². The maximum absolute atomic E-state index is 9.41. The summed E-state index contributed by atoms with van der Waals surface area (Å²) < 4.78 is 5.58. The van der Waals surface area contributed by atoms with Crippen LogP contribution in [0, 0.1) is 0 Å². The highest BCUT2D eigenvalue weighted by Crippen LogP contribution is 2.19. The van der Waals surface area contributed by atoms with Crippen molar-refractivity contribution >= 4 is 0 Å². The summed E-state index contributed by atoms with van der Waals surface area (Å²) in [5, 5.41) is 12.9. The van der Waals surface area contributed by atoms with Gasteiger partial charge in [-0.3, -0.25) is 0 Å². The van der Waals surface area contributed by atoms with Crippen molar-refractivity contribution in [3.05, 3.63) is 29.8 Å². The second-order valence-electron chi connectivity index (χ2n) is 4.69. The van der Waals surface area contributed by atoms with Gasteiger partial charge >= 0.3 is 0 Å². The molecule has 94 valence electrons. The minimum absolute atomic E-state index is 0.267. The normalized spacial score (nSPS) is 21.6. The predicted octanol–water partition coefficient (Wildman–Crippen LogP) is 2.61. The number of nitrogens with one attached hydrogen (secondary N) is 1. The van der Waals surface area contributed by atoms with Crippen molar-refractivity contribution in [2.75, 3.05) is 13.2 Å². The first-order chi connectivity index (χ1) is 8.25. The molecule has 1 aliphatic heterocycles. The van der Waals surface area contributed by atoms with Gasteiger partial charge in [-0.25, -0.2) is 0 Å². The number of rotatable bonds is 5. The van der Waals surface area contributed by atoms with Crippen LogP contribution in [0.1, 0.15) is 37.8 Å². The van der Waals surface area contributed by atoms with E-state index in [1.54, 1.807) is 6.07 Å². The van der Waals surface area contributed by atoms with Gasteiger partial charge in [-0.15, -0.1) is 0 Å². The highest BCUT2D eigenvalue weighted by molar-refractivity contribution is 5.28. The van der Waals surface area contributed by atoms with Crippen molar-refractivity contribution in [2.24, 2.45) is 0 Å². The standard InChI is InChI=1S/C14H21NO2/c1-11(12-4-2-5-13(16)10-12)15-8-7-14-6-3-9-17-14/h2,4-5,10-11,14-16H,3,6-9H2,1H3. The molecule has 0 aliphatic carbocycles. The van der Waals surface area contributed by atoms with Crippen LogP contribution < -0.4 is 5.32 Å². The van der Waals surface area contributed by atoms with Crippen LogP contribution in [-0.2, 0) is 4.74 Å². The van der Waals surface area contributed by atoms with Gasteiger partial charge in [0, 0.05) is 12.6 Å². The lowest BCUT2D eigenvalue weighted by molar-refractivity contribution is 0.103. The minimum Gasteiger partial charge on any atom is -0.508 e. The first kappa shape index (κ1) is 12.4. The Balaban J connectivity index is 1.74. The molecule has 0 radical (unpaired) electrons. The van der Waals surface area contributed by atoms with Crippen LogP contribution in [0.15, 0.2) is 24.3 Å². The Labute approximate surface area is 103 Å². The van der Waals surface area contributed by atoms with E-state index in [1.807, 2.05) is 18.2 Å². The smallest absolute Gasteiger partial charge is 0.115 e. The van der Waals surface area contributed by atoms with Gasteiger partial charge in [-0.2, -0.15) is 0 Å². The van der Waals surface area contributed by atoms with Gasteiger partial charge in [0.05, 0.1) is 6.10 Å². The molecule has 1 heterocycles. The number of hydrogen-bond acceptors (Lipinski definition) is 3. The van der Waals surface area contributed by atoms with Crippen LogP contribution in [0.4, 0.5) is 0 Å². The molecule has 2 unspecified atom stereocenters. The third kappa shape index (κ3) is 3.72. The first-order valence-corrected chi connectivity index (χ1v) is 6.39. The molecule has 0 amide bonds. The number of phenols is 1. The van der Waals surface area contributed by atoms with E-state index >= 15 is 0 Å². The highest BCUT2D eigenvalue weighted by atomic mass is 16.5. The second-order valence-corrected chi connectivity index (χ2v) is 4.69. The molecule has 17 heavy (non-hydrogen) atoms. The van der Waals surface area contributed by atoms with E-state index in [1.165, 1.54) is 12.8 Å². The summed E-state index contributed by atoms with van der Waals surface area (Å²) in [7, 11) is 0. The number of aromatic hydroxyl groups is 1. The Morgan fingerprint density at radius 3 is 3.12 bits per heavy atom. The van der Waals surface area contributed by atoms with Crippen molar-refractivity contribution in [2.45, 2.75) is 38.3 Å². The van der Waals surface area contributed by atoms with Crippen LogP contribution in [0.25, 0.3) is 0 Å². The molecule has 1 fully saturated rings. The largest absolute Gasteiger partial charge is 0.508 e. The molecular weight excluding hydrogens is 214 g/mol. The lowest BCUT2D eigenvalue weighted by atomic mass is 10.1. The quantitative estimate of drug-likeness (QED) is 0.824. The molecule has 1 aromatic carbocycles. The summed E-state index contributed by atoms with van der Waals surface area (Å²) in [6, 6.07) is 7.68. The number of benzene rings is 1. The number of ether oxygens (including phenoxy) is 1. The molecule has 3 heteroatoms. The van der Waals surface area contributed by atoms with Crippen molar-refractivity contribution < 1.29 is 9.84 Å². The summed E-state index contributed by atoms with van der Waals surface area (Å²) >= 11 is 0. The van der Waals surface area contributed by atoms with E-state index in [4.69, 9.17) is 4.74 Å². The molecule has 1 aliphatic rings. The van der Waals surface area contributed by atoms with E-state index < -0.39 is 0 Å². The van der Waals surface area contributed by atoms with Crippen LogP contribution in [-0.4, -0.2) is 24.4 Å². The summed E-state index contributed by atoms with van der Waals surface area (Å²) in [5.41, 5.74) is 1.12. The highest BCUT2D eigenvalue weighted by Gasteiger charge is 2.15. The van der Waals surface area contributed by atoms with Crippen LogP contribution in [0.3, 0.4) is 0 Å². The summed E-state index contributed by atoms with van der Waals surface area (Å²) in [4.78, 5) is 0. The Morgan fingerprint density at radius 2 is 2.41 bits per heavy atom. The molecule has 0 bridgehead atoms. The summed E-state index contributed by atoms with van der Waals surface area (Å²) in [6.07, 6.45) is 3.91. The minimum atomic E-state index is 0.267. The molecule has 2 atom stereocenters. The molecule has 1 saturated heterocycles. The van der Waals surface area contributed by atoms with Gasteiger partial charge in [-0.1, -0.05) is 12.1 Å². The molecule has 1 aromatic rings. The topological polar surface area (TPSA) is 41.5 Å². The lowest BCUT2D eigenvalue weighted by Crippen LogP contribution is -2.23. The van der Waals surface area contributed by atoms with Crippen molar-refractivity contribution in [3.8, 4) is 5.75 Å². The maximum atomic E-state index is 9.41. The van der Waals surface area contributed by atoms with Gasteiger partial charge in [0.2, 0.25) is 0 Å². The Bertz CT molecular complexity index is 348. The molecule has 0 saturated carbocycles. The summed E-state index contributed by atoms with van der Waals surface area (Å²) in [5.74, 6) is 0.329. The van der Waals surface area contributed by atoms with Crippen LogP contribution in [0.5, 0.6) is 5.75 Å². The Morgan fingerprint density at radius 1 is 1.53 bits per heavy atom.